The quantitative estimate of drug-likeness (QED) is 0.609. The van der Waals surface area contributed by atoms with Crippen LogP contribution in [0.15, 0.2) is 30.5 Å². The zero-order valence-corrected chi connectivity index (χ0v) is 12.5. The van der Waals surface area contributed by atoms with Crippen molar-refractivity contribution >= 4 is 11.8 Å². The molecule has 1 aromatic heterocycles. The van der Waals surface area contributed by atoms with Gasteiger partial charge < -0.3 is 20.5 Å². The molecule has 0 aliphatic heterocycles. The standard InChI is InChI=1S/C15H18N4O3/c1-17-6-7-22-11-5-3-4-10(8-11)12-9-18-14(16)13(19-12)15(20)21-2/h3-5,8-9,17H,6-7H2,1-2H3,(H2,16,18). The van der Waals surface area contributed by atoms with Crippen LogP contribution in [0.4, 0.5) is 5.82 Å². The number of rotatable bonds is 6. The second-order valence-corrected chi connectivity index (χ2v) is 4.46. The van der Waals surface area contributed by atoms with Crippen LogP contribution in [0.3, 0.4) is 0 Å². The third-order valence-electron chi connectivity index (χ3n) is 2.93. The second-order valence-electron chi connectivity index (χ2n) is 4.46. The maximum atomic E-state index is 11.6. The molecule has 1 heterocycles. The molecule has 1 aromatic carbocycles. The summed E-state index contributed by atoms with van der Waals surface area (Å²) >= 11 is 0. The zero-order chi connectivity index (χ0) is 15.9. The minimum atomic E-state index is -0.617. The number of hydrogen-bond acceptors (Lipinski definition) is 7. The molecule has 0 saturated carbocycles. The third kappa shape index (κ3) is 3.70. The van der Waals surface area contributed by atoms with Gasteiger partial charge in [0.2, 0.25) is 0 Å². The minimum Gasteiger partial charge on any atom is -0.492 e. The minimum absolute atomic E-state index is 0.00139. The average molecular weight is 302 g/mol. The molecule has 0 saturated heterocycles. The molecule has 0 atom stereocenters. The summed E-state index contributed by atoms with van der Waals surface area (Å²) < 4.78 is 10.2. The fraction of sp³-hybridized carbons (Fsp3) is 0.267. The van der Waals surface area contributed by atoms with Gasteiger partial charge in [0.25, 0.3) is 0 Å². The van der Waals surface area contributed by atoms with Crippen LogP contribution in [0.5, 0.6) is 5.75 Å². The number of likely N-dealkylation sites (N-methyl/N-ethyl adjacent to an activating group) is 1. The van der Waals surface area contributed by atoms with Gasteiger partial charge >= 0.3 is 5.97 Å². The summed E-state index contributed by atoms with van der Waals surface area (Å²) in [6.45, 7) is 1.30. The molecule has 0 radical (unpaired) electrons. The predicted octanol–water partition coefficient (Wildman–Crippen LogP) is 1.11. The number of nitrogens with one attached hydrogen (secondary N) is 1. The van der Waals surface area contributed by atoms with E-state index in [-0.39, 0.29) is 11.5 Å². The molecule has 0 aliphatic carbocycles. The number of benzene rings is 1. The maximum absolute atomic E-state index is 11.6. The highest BCUT2D eigenvalue weighted by Crippen LogP contribution is 2.23. The Morgan fingerprint density at radius 1 is 1.41 bits per heavy atom. The number of ether oxygens (including phenoxy) is 2. The smallest absolute Gasteiger partial charge is 0.360 e. The van der Waals surface area contributed by atoms with Gasteiger partial charge in [0.05, 0.1) is 19.0 Å². The topological polar surface area (TPSA) is 99.4 Å². The maximum Gasteiger partial charge on any atom is 0.360 e. The van der Waals surface area contributed by atoms with Crippen molar-refractivity contribution in [3.8, 4) is 17.0 Å². The van der Waals surface area contributed by atoms with Crippen molar-refractivity contribution in [3.05, 3.63) is 36.2 Å². The number of methoxy groups -OCH3 is 1. The first-order valence-corrected chi connectivity index (χ1v) is 6.74. The number of aromatic nitrogens is 2. The Morgan fingerprint density at radius 2 is 2.23 bits per heavy atom. The molecule has 116 valence electrons. The van der Waals surface area contributed by atoms with Crippen LogP contribution in [0.25, 0.3) is 11.3 Å². The monoisotopic (exact) mass is 302 g/mol. The first kappa shape index (κ1) is 15.7. The molecule has 7 nitrogen and oxygen atoms in total. The molecule has 3 N–H and O–H groups in total. The van der Waals surface area contributed by atoms with Crippen molar-refractivity contribution in [1.82, 2.24) is 15.3 Å². The van der Waals surface area contributed by atoms with Gasteiger partial charge in [0, 0.05) is 12.1 Å². The third-order valence-corrected chi connectivity index (χ3v) is 2.93. The first-order chi connectivity index (χ1) is 10.7. The summed E-state index contributed by atoms with van der Waals surface area (Å²) in [4.78, 5) is 19.8. The zero-order valence-electron chi connectivity index (χ0n) is 12.5. The highest BCUT2D eigenvalue weighted by atomic mass is 16.5. The van der Waals surface area contributed by atoms with Crippen LogP contribution >= 0.6 is 0 Å². The highest BCUT2D eigenvalue weighted by molar-refractivity contribution is 5.92. The van der Waals surface area contributed by atoms with E-state index in [1.165, 1.54) is 13.3 Å². The normalized spacial score (nSPS) is 10.3. The van der Waals surface area contributed by atoms with Crippen LogP contribution in [0, 0.1) is 0 Å². The van der Waals surface area contributed by atoms with Gasteiger partial charge in [-0.25, -0.2) is 14.8 Å². The molecule has 0 aliphatic rings. The summed E-state index contributed by atoms with van der Waals surface area (Å²) in [5.74, 6) is 0.135. The van der Waals surface area contributed by atoms with Gasteiger partial charge in [0.15, 0.2) is 11.5 Å². The average Bonchev–Trinajstić information content (AvgIpc) is 2.55. The molecule has 22 heavy (non-hydrogen) atoms. The lowest BCUT2D eigenvalue weighted by atomic mass is 10.1. The summed E-state index contributed by atoms with van der Waals surface area (Å²) in [6, 6.07) is 7.38. The van der Waals surface area contributed by atoms with Crippen molar-refractivity contribution in [2.24, 2.45) is 0 Å². The number of esters is 1. The van der Waals surface area contributed by atoms with Gasteiger partial charge in [-0.1, -0.05) is 12.1 Å². The van der Waals surface area contributed by atoms with E-state index >= 15 is 0 Å². The fourth-order valence-electron chi connectivity index (χ4n) is 1.80. The van der Waals surface area contributed by atoms with E-state index < -0.39 is 5.97 Å². The Labute approximate surface area is 128 Å². The van der Waals surface area contributed by atoms with E-state index in [0.717, 1.165) is 12.1 Å². The number of nitrogens with two attached hydrogens (primary N) is 1. The lowest BCUT2D eigenvalue weighted by molar-refractivity contribution is 0.0595. The Balaban J connectivity index is 2.28. The molecule has 0 amide bonds. The van der Waals surface area contributed by atoms with E-state index in [9.17, 15) is 4.79 Å². The molecule has 0 spiro atoms. The Hall–Kier alpha value is -2.67. The highest BCUT2D eigenvalue weighted by Gasteiger charge is 2.15. The molecule has 0 fully saturated rings. The Kier molecular flexibility index (Phi) is 5.26. The number of nitrogen functional groups attached to an aromatic ring is 1. The van der Waals surface area contributed by atoms with E-state index in [2.05, 4.69) is 20.0 Å². The Bertz CT molecular complexity index is 661. The van der Waals surface area contributed by atoms with Crippen LogP contribution in [0.2, 0.25) is 0 Å². The van der Waals surface area contributed by atoms with Crippen LogP contribution < -0.4 is 15.8 Å². The fourth-order valence-corrected chi connectivity index (χ4v) is 1.80. The van der Waals surface area contributed by atoms with E-state index in [0.29, 0.717) is 18.1 Å². The van der Waals surface area contributed by atoms with Crippen LogP contribution in [-0.2, 0) is 4.74 Å². The molecule has 2 rings (SSSR count). The molecule has 0 unspecified atom stereocenters. The van der Waals surface area contributed by atoms with Crippen LogP contribution in [0.1, 0.15) is 10.5 Å². The van der Waals surface area contributed by atoms with E-state index in [1.54, 1.807) is 0 Å². The first-order valence-electron chi connectivity index (χ1n) is 6.74. The summed E-state index contributed by atoms with van der Waals surface area (Å²) in [7, 11) is 3.13. The number of hydrogen-bond donors (Lipinski definition) is 2. The molecule has 0 bridgehead atoms. The van der Waals surface area contributed by atoms with Crippen molar-refractivity contribution in [1.29, 1.82) is 0 Å². The van der Waals surface area contributed by atoms with Gasteiger partial charge in [-0.3, -0.25) is 0 Å². The molecular formula is C15H18N4O3. The van der Waals surface area contributed by atoms with Gasteiger partial charge in [0.1, 0.15) is 12.4 Å². The van der Waals surface area contributed by atoms with Crippen LogP contribution in [-0.4, -0.2) is 43.2 Å². The summed E-state index contributed by atoms with van der Waals surface area (Å²) in [5.41, 5.74) is 6.95. The largest absolute Gasteiger partial charge is 0.492 e. The van der Waals surface area contributed by atoms with Crippen molar-refractivity contribution in [2.45, 2.75) is 0 Å². The van der Waals surface area contributed by atoms with E-state index in [1.807, 2.05) is 31.3 Å². The SMILES string of the molecule is CNCCOc1cccc(-c2cnc(N)c(C(=O)OC)n2)c1. The van der Waals surface area contributed by atoms with Gasteiger partial charge in [-0.05, 0) is 19.2 Å². The van der Waals surface area contributed by atoms with Crippen molar-refractivity contribution in [2.75, 3.05) is 33.0 Å². The van der Waals surface area contributed by atoms with Gasteiger partial charge in [-0.2, -0.15) is 0 Å². The number of carbonyl (C=O) groups is 1. The molecule has 2 aromatic rings. The second kappa shape index (κ2) is 7.37. The predicted molar refractivity (Wildman–Crippen MR) is 82.6 cm³/mol. The number of anilines is 1. The van der Waals surface area contributed by atoms with Crippen molar-refractivity contribution < 1.29 is 14.3 Å². The Morgan fingerprint density at radius 3 is 2.95 bits per heavy atom. The lowest BCUT2D eigenvalue weighted by Crippen LogP contribution is -2.15. The molecular weight excluding hydrogens is 284 g/mol. The van der Waals surface area contributed by atoms with Crippen molar-refractivity contribution in [3.63, 3.8) is 0 Å². The molecule has 7 heteroatoms. The lowest BCUT2D eigenvalue weighted by Gasteiger charge is -2.09. The number of nitrogens with zero attached hydrogens (tertiary/aromatic N) is 2. The summed E-state index contributed by atoms with van der Waals surface area (Å²) in [6.07, 6.45) is 1.51. The summed E-state index contributed by atoms with van der Waals surface area (Å²) in [5, 5.41) is 3.00. The number of carbonyl (C=O) groups excluding carboxylic acids is 1. The van der Waals surface area contributed by atoms with Gasteiger partial charge in [-0.15, -0.1) is 0 Å². The van der Waals surface area contributed by atoms with E-state index in [4.69, 9.17) is 10.5 Å².